The Bertz CT molecular complexity index is 469. The van der Waals surface area contributed by atoms with E-state index in [-0.39, 0.29) is 6.42 Å². The summed E-state index contributed by atoms with van der Waals surface area (Å²) in [5, 5.41) is 6.65. The molecule has 0 rings (SSSR count). The highest BCUT2D eigenvalue weighted by Gasteiger charge is 2.04. The molecule has 100 valence electrons. The number of nitrogens with zero attached hydrogens (tertiary/aromatic N) is 2. The predicted octanol–water partition coefficient (Wildman–Crippen LogP) is 0.0807. The fourth-order valence-electron chi connectivity index (χ4n) is 0.697. The summed E-state index contributed by atoms with van der Waals surface area (Å²) in [5.74, 6) is 0. The van der Waals surface area contributed by atoms with Gasteiger partial charge in [0.1, 0.15) is 0 Å². The van der Waals surface area contributed by atoms with E-state index in [2.05, 4.69) is 18.9 Å². The molecule has 0 aromatic carbocycles. The Morgan fingerprint density at radius 2 is 1.18 bits per heavy atom. The van der Waals surface area contributed by atoms with Gasteiger partial charge >= 0.3 is 20.2 Å². The minimum absolute atomic E-state index is 0.130. The molecule has 0 atom stereocenters. The summed E-state index contributed by atoms with van der Waals surface area (Å²) in [6, 6.07) is 0. The van der Waals surface area contributed by atoms with Crippen LogP contribution in [0.1, 0.15) is 20.3 Å². The number of hydrogen-bond donors (Lipinski definition) is 0. The van der Waals surface area contributed by atoms with Crippen LogP contribution in [0.5, 0.6) is 0 Å². The number of hydrogen-bond acceptors (Lipinski definition) is 8. The van der Waals surface area contributed by atoms with Crippen molar-refractivity contribution in [1.29, 1.82) is 0 Å². The van der Waals surface area contributed by atoms with E-state index in [1.807, 2.05) is 0 Å². The molecule has 0 spiro atoms. The van der Waals surface area contributed by atoms with Gasteiger partial charge in [0.25, 0.3) is 0 Å². The SMILES string of the molecule is CC(CC(C)=NOS(C)(=O)=O)=NOS(C)(=O)=O. The first kappa shape index (κ1) is 15.8. The maximum Gasteiger partial charge on any atom is 0.325 e. The molecule has 0 aromatic heterocycles. The van der Waals surface area contributed by atoms with Crippen LogP contribution >= 0.6 is 0 Å². The van der Waals surface area contributed by atoms with Crippen LogP contribution in [0.15, 0.2) is 10.3 Å². The van der Waals surface area contributed by atoms with E-state index >= 15 is 0 Å². The molecule has 0 fully saturated rings. The van der Waals surface area contributed by atoms with Crippen molar-refractivity contribution >= 4 is 31.7 Å². The lowest BCUT2D eigenvalue weighted by Gasteiger charge is -2.00. The first-order chi connectivity index (χ1) is 7.49. The van der Waals surface area contributed by atoms with Gasteiger partial charge in [0.2, 0.25) is 0 Å². The summed E-state index contributed by atoms with van der Waals surface area (Å²) in [7, 11) is -7.29. The second-order valence-corrected chi connectivity index (χ2v) is 6.50. The monoisotopic (exact) mass is 286 g/mol. The van der Waals surface area contributed by atoms with Gasteiger partial charge in [-0.05, 0) is 13.8 Å². The van der Waals surface area contributed by atoms with Gasteiger partial charge in [0.05, 0.1) is 23.9 Å². The minimum atomic E-state index is -3.65. The van der Waals surface area contributed by atoms with Crippen molar-refractivity contribution in [2.24, 2.45) is 10.3 Å². The Labute approximate surface area is 101 Å². The quantitative estimate of drug-likeness (QED) is 0.505. The zero-order valence-corrected chi connectivity index (χ0v) is 11.5. The highest BCUT2D eigenvalue weighted by molar-refractivity contribution is 7.86. The van der Waals surface area contributed by atoms with E-state index in [0.717, 1.165) is 12.5 Å². The molecule has 0 aliphatic heterocycles. The average molecular weight is 286 g/mol. The highest BCUT2D eigenvalue weighted by atomic mass is 32.2. The van der Waals surface area contributed by atoms with E-state index in [9.17, 15) is 16.8 Å². The molecular weight excluding hydrogens is 272 g/mol. The van der Waals surface area contributed by atoms with Gasteiger partial charge in [0, 0.05) is 6.42 Å². The molecule has 0 radical (unpaired) electrons. The van der Waals surface area contributed by atoms with Crippen LogP contribution in [0, 0.1) is 0 Å². The van der Waals surface area contributed by atoms with E-state index in [1.54, 1.807) is 0 Å². The highest BCUT2D eigenvalue weighted by Crippen LogP contribution is 1.97. The smallest absolute Gasteiger partial charge is 0.269 e. The second-order valence-electron chi connectivity index (χ2n) is 3.39. The summed E-state index contributed by atoms with van der Waals surface area (Å²) in [6.45, 7) is 3.01. The maximum atomic E-state index is 10.6. The lowest BCUT2D eigenvalue weighted by Crippen LogP contribution is -2.06. The third-order valence-electron chi connectivity index (χ3n) is 1.17. The lowest BCUT2D eigenvalue weighted by molar-refractivity contribution is 0.340. The minimum Gasteiger partial charge on any atom is -0.269 e. The molecule has 0 amide bonds. The molecule has 0 saturated carbocycles. The van der Waals surface area contributed by atoms with Crippen LogP contribution in [-0.4, -0.2) is 40.8 Å². The van der Waals surface area contributed by atoms with Crippen molar-refractivity contribution in [3.05, 3.63) is 0 Å². The van der Waals surface area contributed by atoms with E-state index in [0.29, 0.717) is 11.4 Å². The van der Waals surface area contributed by atoms with Gasteiger partial charge in [-0.15, -0.1) is 0 Å². The Kier molecular flexibility index (Phi) is 5.55. The number of oxime groups is 2. The van der Waals surface area contributed by atoms with Gasteiger partial charge in [-0.3, -0.25) is 8.57 Å². The fraction of sp³-hybridized carbons (Fsp3) is 0.714. The molecular formula is C7H14N2O6S2. The molecule has 17 heavy (non-hydrogen) atoms. The largest absolute Gasteiger partial charge is 0.325 e. The van der Waals surface area contributed by atoms with Crippen LogP contribution in [0.4, 0.5) is 0 Å². The first-order valence-electron chi connectivity index (χ1n) is 4.34. The third-order valence-corrected chi connectivity index (χ3v) is 1.86. The molecule has 0 unspecified atom stereocenters. The topological polar surface area (TPSA) is 111 Å². The summed E-state index contributed by atoms with van der Waals surface area (Å²) < 4.78 is 50.8. The fourth-order valence-corrected chi connectivity index (χ4v) is 1.22. The summed E-state index contributed by atoms with van der Waals surface area (Å²) in [6.07, 6.45) is 1.85. The zero-order chi connectivity index (χ0) is 13.7. The van der Waals surface area contributed by atoms with Crippen molar-refractivity contribution in [3.63, 3.8) is 0 Å². The molecule has 0 aliphatic carbocycles. The van der Waals surface area contributed by atoms with Gasteiger partial charge in [0.15, 0.2) is 0 Å². The predicted molar refractivity (Wildman–Crippen MR) is 62.7 cm³/mol. The van der Waals surface area contributed by atoms with Crippen molar-refractivity contribution in [3.8, 4) is 0 Å². The molecule has 0 saturated heterocycles. The summed E-state index contributed by atoms with van der Waals surface area (Å²) in [4.78, 5) is 0. The van der Waals surface area contributed by atoms with E-state index in [4.69, 9.17) is 0 Å². The molecule has 0 heterocycles. The molecule has 0 bridgehead atoms. The van der Waals surface area contributed by atoms with Crippen LogP contribution in [-0.2, 0) is 28.8 Å². The Morgan fingerprint density at radius 1 is 0.882 bits per heavy atom. The van der Waals surface area contributed by atoms with Gasteiger partial charge < -0.3 is 0 Å². The van der Waals surface area contributed by atoms with Crippen molar-refractivity contribution in [2.45, 2.75) is 20.3 Å². The third kappa shape index (κ3) is 11.1. The molecule has 8 nitrogen and oxygen atoms in total. The Hall–Kier alpha value is -1.16. The van der Waals surface area contributed by atoms with E-state index < -0.39 is 20.2 Å². The second kappa shape index (κ2) is 5.96. The van der Waals surface area contributed by atoms with Crippen LogP contribution < -0.4 is 0 Å². The zero-order valence-electron chi connectivity index (χ0n) is 9.87. The lowest BCUT2D eigenvalue weighted by atomic mass is 10.2. The van der Waals surface area contributed by atoms with Crippen molar-refractivity contribution in [1.82, 2.24) is 0 Å². The summed E-state index contributed by atoms with van der Waals surface area (Å²) >= 11 is 0. The van der Waals surface area contributed by atoms with Gasteiger partial charge in [-0.1, -0.05) is 10.3 Å². The number of rotatable bonds is 6. The van der Waals surface area contributed by atoms with Crippen LogP contribution in [0.25, 0.3) is 0 Å². The normalized spacial score (nSPS) is 14.6. The first-order valence-corrected chi connectivity index (χ1v) is 7.97. The maximum absolute atomic E-state index is 10.6. The van der Waals surface area contributed by atoms with Crippen LogP contribution in [0.2, 0.25) is 0 Å². The van der Waals surface area contributed by atoms with Crippen LogP contribution in [0.3, 0.4) is 0 Å². The van der Waals surface area contributed by atoms with E-state index in [1.165, 1.54) is 13.8 Å². The van der Waals surface area contributed by atoms with Crippen molar-refractivity contribution < 1.29 is 25.4 Å². The van der Waals surface area contributed by atoms with Crippen molar-refractivity contribution in [2.75, 3.05) is 12.5 Å². The summed E-state index contributed by atoms with van der Waals surface area (Å²) in [5.41, 5.74) is 0.627. The molecule has 0 N–H and O–H groups in total. The van der Waals surface area contributed by atoms with Gasteiger partial charge in [-0.2, -0.15) is 16.8 Å². The molecule has 0 aromatic rings. The standard InChI is InChI=1S/C7H14N2O6S2/c1-6(8-14-16(3,10)11)5-7(2)9-15-17(4,12)13/h5H2,1-4H3. The molecule has 0 aliphatic rings. The molecule has 10 heteroatoms. The Balaban J connectivity index is 4.44. The van der Waals surface area contributed by atoms with Gasteiger partial charge in [-0.25, -0.2) is 0 Å². The average Bonchev–Trinajstić information content (AvgIpc) is 2.09. The Morgan fingerprint density at radius 3 is 1.41 bits per heavy atom.